The van der Waals surface area contributed by atoms with Crippen LogP contribution in [0.3, 0.4) is 0 Å². The molecule has 3 aromatic carbocycles. The summed E-state index contributed by atoms with van der Waals surface area (Å²) in [6, 6.07) is 17.0. The van der Waals surface area contributed by atoms with Crippen LogP contribution in [0.4, 0.5) is 14.5 Å². The van der Waals surface area contributed by atoms with Crippen molar-refractivity contribution in [3.05, 3.63) is 90.0 Å². The molecule has 0 bridgehead atoms. The molecule has 0 aromatic heterocycles. The minimum atomic E-state index is -4.10. The smallest absolute Gasteiger partial charge is 0.264 e. The fourth-order valence-electron chi connectivity index (χ4n) is 2.62. The van der Waals surface area contributed by atoms with Crippen LogP contribution in [0, 0.1) is 11.6 Å². The molecule has 3 aromatic rings. The molecule has 0 N–H and O–H groups in total. The second-order valence-electron chi connectivity index (χ2n) is 5.76. The summed E-state index contributed by atoms with van der Waals surface area (Å²) >= 11 is 0. The Kier molecular flexibility index (Phi) is 5.41. The number of sulfonamides is 1. The van der Waals surface area contributed by atoms with Crippen LogP contribution in [0.1, 0.15) is 5.56 Å². The van der Waals surface area contributed by atoms with Gasteiger partial charge in [0.1, 0.15) is 17.4 Å². The largest absolute Gasteiger partial charge is 0.497 e. The highest BCUT2D eigenvalue weighted by Gasteiger charge is 2.27. The summed E-state index contributed by atoms with van der Waals surface area (Å²) in [5, 5.41) is 0. The molecular weight excluding hydrogens is 372 g/mol. The molecule has 4 nitrogen and oxygen atoms in total. The minimum absolute atomic E-state index is 0.0394. The van der Waals surface area contributed by atoms with Gasteiger partial charge in [-0.3, -0.25) is 4.31 Å². The maximum atomic E-state index is 14.1. The van der Waals surface area contributed by atoms with Crippen LogP contribution in [0.15, 0.2) is 77.7 Å². The Bertz CT molecular complexity index is 1050. The van der Waals surface area contributed by atoms with Gasteiger partial charge in [0.25, 0.3) is 10.0 Å². The standard InChI is InChI=1S/C20H17F2NO3S/c1-26-18-9-5-10-19(13-18)27(24,25)23(17-8-4-7-16(21)12-17)14-15-6-2-3-11-20(15)22/h2-13H,14H2,1H3. The summed E-state index contributed by atoms with van der Waals surface area (Å²) in [6.45, 7) is -0.282. The maximum absolute atomic E-state index is 14.1. The van der Waals surface area contributed by atoms with Crippen LogP contribution in [0.2, 0.25) is 0 Å². The van der Waals surface area contributed by atoms with Crippen LogP contribution in [0.25, 0.3) is 0 Å². The molecule has 3 rings (SSSR count). The molecule has 7 heteroatoms. The fourth-order valence-corrected chi connectivity index (χ4v) is 4.09. The Labute approximate surface area is 156 Å². The van der Waals surface area contributed by atoms with E-state index in [9.17, 15) is 17.2 Å². The third kappa shape index (κ3) is 4.09. The molecule has 0 heterocycles. The summed E-state index contributed by atoms with van der Waals surface area (Å²) in [5.41, 5.74) is 0.273. The van der Waals surface area contributed by atoms with E-state index in [1.165, 1.54) is 55.6 Å². The van der Waals surface area contributed by atoms with Gasteiger partial charge in [0.05, 0.1) is 24.2 Å². The van der Waals surface area contributed by atoms with E-state index in [0.717, 1.165) is 10.4 Å². The van der Waals surface area contributed by atoms with Gasteiger partial charge in [0.15, 0.2) is 0 Å². The van der Waals surface area contributed by atoms with E-state index in [0.29, 0.717) is 5.75 Å². The van der Waals surface area contributed by atoms with Crippen LogP contribution in [0.5, 0.6) is 5.75 Å². The predicted molar refractivity (Wildman–Crippen MR) is 99.2 cm³/mol. The minimum Gasteiger partial charge on any atom is -0.497 e. The lowest BCUT2D eigenvalue weighted by molar-refractivity contribution is 0.413. The lowest BCUT2D eigenvalue weighted by atomic mass is 10.2. The molecule has 0 aliphatic heterocycles. The molecule has 0 amide bonds. The first-order valence-electron chi connectivity index (χ1n) is 8.07. The third-order valence-corrected chi connectivity index (χ3v) is 5.77. The highest BCUT2D eigenvalue weighted by Crippen LogP contribution is 2.28. The molecule has 140 valence electrons. The number of hydrogen-bond donors (Lipinski definition) is 0. The van der Waals surface area contributed by atoms with Crippen molar-refractivity contribution in [1.82, 2.24) is 0 Å². The van der Waals surface area contributed by atoms with Crippen molar-refractivity contribution in [1.29, 1.82) is 0 Å². The fraction of sp³-hybridized carbons (Fsp3) is 0.100. The summed E-state index contributed by atoms with van der Waals surface area (Å²) in [5.74, 6) is -0.771. The second kappa shape index (κ2) is 7.75. The molecule has 27 heavy (non-hydrogen) atoms. The number of nitrogens with zero attached hydrogens (tertiary/aromatic N) is 1. The van der Waals surface area contributed by atoms with E-state index in [4.69, 9.17) is 4.74 Å². The molecule has 0 saturated carbocycles. The van der Waals surface area contributed by atoms with Gasteiger partial charge in [-0.05, 0) is 36.4 Å². The average Bonchev–Trinajstić information content (AvgIpc) is 2.67. The summed E-state index contributed by atoms with van der Waals surface area (Å²) in [7, 11) is -2.67. The van der Waals surface area contributed by atoms with Gasteiger partial charge in [-0.2, -0.15) is 0 Å². The Balaban J connectivity index is 2.12. The van der Waals surface area contributed by atoms with Crippen LogP contribution in [-0.2, 0) is 16.6 Å². The van der Waals surface area contributed by atoms with E-state index in [-0.39, 0.29) is 22.7 Å². The molecule has 0 aliphatic carbocycles. The topological polar surface area (TPSA) is 46.6 Å². The maximum Gasteiger partial charge on any atom is 0.264 e. The van der Waals surface area contributed by atoms with Gasteiger partial charge >= 0.3 is 0 Å². The van der Waals surface area contributed by atoms with Crippen LogP contribution < -0.4 is 9.04 Å². The first-order valence-corrected chi connectivity index (χ1v) is 9.51. The lowest BCUT2D eigenvalue weighted by Gasteiger charge is -2.25. The SMILES string of the molecule is COc1cccc(S(=O)(=O)N(Cc2ccccc2F)c2cccc(F)c2)c1. The third-order valence-electron chi connectivity index (χ3n) is 4.00. The molecule has 0 aliphatic rings. The normalized spacial score (nSPS) is 11.2. The van der Waals surface area contributed by atoms with Crippen molar-refractivity contribution >= 4 is 15.7 Å². The van der Waals surface area contributed by atoms with Gasteiger partial charge in [-0.25, -0.2) is 17.2 Å². The van der Waals surface area contributed by atoms with Gasteiger partial charge in [0, 0.05) is 11.6 Å². The van der Waals surface area contributed by atoms with Gasteiger partial charge in [-0.15, -0.1) is 0 Å². The highest BCUT2D eigenvalue weighted by molar-refractivity contribution is 7.92. The number of ether oxygens (including phenoxy) is 1. The van der Waals surface area contributed by atoms with Crippen molar-refractivity contribution in [3.8, 4) is 5.75 Å². The summed E-state index contributed by atoms with van der Waals surface area (Å²) < 4.78 is 60.4. The number of anilines is 1. The Morgan fingerprint density at radius 3 is 2.37 bits per heavy atom. The van der Waals surface area contributed by atoms with Crippen LogP contribution >= 0.6 is 0 Å². The van der Waals surface area contributed by atoms with E-state index in [2.05, 4.69) is 0 Å². The van der Waals surface area contributed by atoms with E-state index < -0.39 is 21.7 Å². The highest BCUT2D eigenvalue weighted by atomic mass is 32.2. The van der Waals surface area contributed by atoms with Gasteiger partial charge in [-0.1, -0.05) is 30.3 Å². The number of rotatable bonds is 6. The monoisotopic (exact) mass is 389 g/mol. The van der Waals surface area contributed by atoms with E-state index >= 15 is 0 Å². The van der Waals surface area contributed by atoms with Gasteiger partial charge in [0.2, 0.25) is 0 Å². The van der Waals surface area contributed by atoms with Crippen molar-refractivity contribution in [2.75, 3.05) is 11.4 Å². The number of hydrogen-bond acceptors (Lipinski definition) is 3. The quantitative estimate of drug-likeness (QED) is 0.629. The van der Waals surface area contributed by atoms with E-state index in [1.54, 1.807) is 18.2 Å². The lowest BCUT2D eigenvalue weighted by Crippen LogP contribution is -2.31. The Hall–Kier alpha value is -2.93. The number of halogens is 2. The Morgan fingerprint density at radius 1 is 0.926 bits per heavy atom. The average molecular weight is 389 g/mol. The summed E-state index contributed by atoms with van der Waals surface area (Å²) in [4.78, 5) is -0.0394. The molecule has 0 atom stereocenters. The van der Waals surface area contributed by atoms with Gasteiger partial charge < -0.3 is 4.74 Å². The zero-order valence-electron chi connectivity index (χ0n) is 14.5. The van der Waals surface area contributed by atoms with Crippen molar-refractivity contribution in [3.63, 3.8) is 0 Å². The van der Waals surface area contributed by atoms with Crippen molar-refractivity contribution in [2.24, 2.45) is 0 Å². The molecule has 0 radical (unpaired) electrons. The Morgan fingerprint density at radius 2 is 1.67 bits per heavy atom. The first kappa shape index (κ1) is 18.8. The van der Waals surface area contributed by atoms with Crippen molar-refractivity contribution in [2.45, 2.75) is 11.4 Å². The van der Waals surface area contributed by atoms with Crippen LogP contribution in [-0.4, -0.2) is 15.5 Å². The number of benzene rings is 3. The van der Waals surface area contributed by atoms with Crippen molar-refractivity contribution < 1.29 is 21.9 Å². The predicted octanol–water partition coefficient (Wildman–Crippen LogP) is 4.37. The van der Waals surface area contributed by atoms with E-state index in [1.807, 2.05) is 0 Å². The molecule has 0 saturated heterocycles. The molecule has 0 spiro atoms. The number of methoxy groups -OCH3 is 1. The molecule has 0 unspecified atom stereocenters. The second-order valence-corrected chi connectivity index (χ2v) is 7.62. The first-order chi connectivity index (χ1) is 12.9. The molecular formula is C20H17F2NO3S. The zero-order chi connectivity index (χ0) is 19.4. The molecule has 0 fully saturated rings. The summed E-state index contributed by atoms with van der Waals surface area (Å²) in [6.07, 6.45) is 0. The zero-order valence-corrected chi connectivity index (χ0v) is 15.3.